The predicted molar refractivity (Wildman–Crippen MR) is 67.9 cm³/mol. The van der Waals surface area contributed by atoms with Crippen LogP contribution in [0, 0.1) is 5.92 Å². The summed E-state index contributed by atoms with van der Waals surface area (Å²) in [4.78, 5) is 22.8. The van der Waals surface area contributed by atoms with Crippen LogP contribution in [0.5, 0.6) is 0 Å². The highest BCUT2D eigenvalue weighted by Gasteiger charge is 2.34. The van der Waals surface area contributed by atoms with Gasteiger partial charge in [0.15, 0.2) is 0 Å². The zero-order valence-corrected chi connectivity index (χ0v) is 12.6. The van der Waals surface area contributed by atoms with Crippen molar-refractivity contribution < 1.29 is 32.7 Å². The Bertz CT molecular complexity index is 332. The fourth-order valence-corrected chi connectivity index (χ4v) is 3.37. The molecule has 0 spiro atoms. The van der Waals surface area contributed by atoms with Crippen LogP contribution in [0.25, 0.3) is 0 Å². The molecule has 0 rings (SSSR count). The number of carbonyl (C=O) groups excluding carboxylic acids is 2. The molecule has 0 aromatic heterocycles. The summed E-state index contributed by atoms with van der Waals surface area (Å²) in [6.07, 6.45) is -0.441. The summed E-state index contributed by atoms with van der Waals surface area (Å²) < 4.78 is 31.5. The quantitative estimate of drug-likeness (QED) is 0.471. The summed E-state index contributed by atoms with van der Waals surface area (Å²) in [5, 5.41) is 0. The molecular weight excluding hydrogens is 275 g/mol. The number of esters is 2. The Kier molecular flexibility index (Phi) is 8.63. The van der Waals surface area contributed by atoms with Gasteiger partial charge in [-0.1, -0.05) is 0 Å². The number of carbonyl (C=O) groups is 2. The van der Waals surface area contributed by atoms with Crippen molar-refractivity contribution in [3.05, 3.63) is 0 Å². The third-order valence-corrected chi connectivity index (χ3v) is 4.46. The van der Waals surface area contributed by atoms with Crippen molar-refractivity contribution in [2.75, 3.05) is 33.6 Å². The molecule has 112 valence electrons. The maximum atomic E-state index is 12.3. The van der Waals surface area contributed by atoms with Crippen LogP contribution in [0.3, 0.4) is 0 Å². The van der Waals surface area contributed by atoms with Gasteiger partial charge in [0, 0.05) is 0 Å². The number of ether oxygens (including phenoxy) is 2. The first-order valence-electron chi connectivity index (χ1n) is 5.95. The minimum absolute atomic E-state index is 0.184. The highest BCUT2D eigenvalue weighted by atomic mass is 31.2. The Morgan fingerprint density at radius 1 is 1.05 bits per heavy atom. The molecular formula is C11H21O7P. The van der Waals surface area contributed by atoms with Crippen molar-refractivity contribution in [1.29, 1.82) is 0 Å². The van der Waals surface area contributed by atoms with Gasteiger partial charge in [0.1, 0.15) is 0 Å². The topological polar surface area (TPSA) is 88.1 Å². The van der Waals surface area contributed by atoms with Gasteiger partial charge in [0.05, 0.1) is 45.9 Å². The van der Waals surface area contributed by atoms with E-state index in [1.54, 1.807) is 13.8 Å². The van der Waals surface area contributed by atoms with E-state index in [0.29, 0.717) is 0 Å². The number of methoxy groups -OCH3 is 2. The lowest BCUT2D eigenvalue weighted by Gasteiger charge is -2.21. The van der Waals surface area contributed by atoms with Gasteiger partial charge in [-0.15, -0.1) is 0 Å². The average Bonchev–Trinajstić information content (AvgIpc) is 2.37. The molecule has 0 heterocycles. The van der Waals surface area contributed by atoms with Crippen LogP contribution in [0.15, 0.2) is 0 Å². The molecule has 0 saturated carbocycles. The molecule has 0 saturated heterocycles. The van der Waals surface area contributed by atoms with Gasteiger partial charge >= 0.3 is 19.5 Å². The van der Waals surface area contributed by atoms with Gasteiger partial charge < -0.3 is 18.5 Å². The monoisotopic (exact) mass is 296 g/mol. The first kappa shape index (κ1) is 18.1. The standard InChI is InChI=1S/C11H21O7P/c1-5-17-19(14,18-6-2)8-9(11(13)16-4)7-10(12)15-3/h9H,5-8H2,1-4H3/t9-/m1/s1. The molecule has 0 fully saturated rings. The molecule has 0 N–H and O–H groups in total. The van der Waals surface area contributed by atoms with E-state index in [4.69, 9.17) is 9.05 Å². The second-order valence-electron chi connectivity index (χ2n) is 3.63. The van der Waals surface area contributed by atoms with E-state index in [1.807, 2.05) is 0 Å². The highest BCUT2D eigenvalue weighted by Crippen LogP contribution is 2.50. The molecule has 0 radical (unpaired) electrons. The molecule has 0 aliphatic carbocycles. The van der Waals surface area contributed by atoms with Crippen LogP contribution in [-0.2, 0) is 32.7 Å². The Morgan fingerprint density at radius 2 is 1.58 bits per heavy atom. The van der Waals surface area contributed by atoms with Crippen molar-refractivity contribution >= 4 is 19.5 Å². The fourth-order valence-electron chi connectivity index (χ4n) is 1.48. The SMILES string of the molecule is CCOP(=O)(C[C@@H](CC(=O)OC)C(=O)OC)OCC. The van der Waals surface area contributed by atoms with E-state index in [9.17, 15) is 14.2 Å². The predicted octanol–water partition coefficient (Wildman–Crippen LogP) is 1.60. The van der Waals surface area contributed by atoms with Gasteiger partial charge in [-0.05, 0) is 13.8 Å². The van der Waals surface area contributed by atoms with Crippen LogP contribution < -0.4 is 0 Å². The van der Waals surface area contributed by atoms with Crippen LogP contribution in [0.2, 0.25) is 0 Å². The van der Waals surface area contributed by atoms with Crippen molar-refractivity contribution in [3.63, 3.8) is 0 Å². The minimum Gasteiger partial charge on any atom is -0.469 e. The first-order valence-corrected chi connectivity index (χ1v) is 7.68. The molecule has 0 aromatic carbocycles. The Labute approximate surface area is 113 Å². The fraction of sp³-hybridized carbons (Fsp3) is 0.818. The molecule has 1 atom stereocenters. The summed E-state index contributed by atoms with van der Waals surface area (Å²) in [7, 11) is -1.01. The molecule has 0 bridgehead atoms. The zero-order chi connectivity index (χ0) is 14.9. The van der Waals surface area contributed by atoms with E-state index in [-0.39, 0.29) is 25.8 Å². The lowest BCUT2D eigenvalue weighted by atomic mass is 10.1. The molecule has 0 aliphatic rings. The van der Waals surface area contributed by atoms with Gasteiger partial charge in [-0.3, -0.25) is 14.2 Å². The van der Waals surface area contributed by atoms with Gasteiger partial charge in [-0.25, -0.2) is 0 Å². The lowest BCUT2D eigenvalue weighted by molar-refractivity contribution is -0.151. The van der Waals surface area contributed by atoms with Crippen LogP contribution in [-0.4, -0.2) is 45.5 Å². The maximum absolute atomic E-state index is 12.3. The molecule has 0 aliphatic heterocycles. The molecule has 8 heteroatoms. The van der Waals surface area contributed by atoms with Crippen LogP contribution in [0.1, 0.15) is 20.3 Å². The lowest BCUT2D eigenvalue weighted by Crippen LogP contribution is -2.25. The van der Waals surface area contributed by atoms with Gasteiger partial charge in [-0.2, -0.15) is 0 Å². The summed E-state index contributed by atoms with van der Waals surface area (Å²) in [5.74, 6) is -2.15. The molecule has 0 aromatic rings. The largest absolute Gasteiger partial charge is 0.469 e. The summed E-state index contributed by atoms with van der Waals surface area (Å²) >= 11 is 0. The average molecular weight is 296 g/mol. The van der Waals surface area contributed by atoms with Gasteiger partial charge in [0.2, 0.25) is 0 Å². The van der Waals surface area contributed by atoms with Gasteiger partial charge in [0.25, 0.3) is 0 Å². The second kappa shape index (κ2) is 9.07. The van der Waals surface area contributed by atoms with Crippen molar-refractivity contribution in [2.45, 2.75) is 20.3 Å². The van der Waals surface area contributed by atoms with Crippen molar-refractivity contribution in [2.24, 2.45) is 5.92 Å². The number of hydrogen-bond donors (Lipinski definition) is 0. The summed E-state index contributed by atoms with van der Waals surface area (Å²) in [6.45, 7) is 3.70. The van der Waals surface area contributed by atoms with Crippen molar-refractivity contribution in [3.8, 4) is 0 Å². The third-order valence-electron chi connectivity index (χ3n) is 2.27. The molecule has 0 amide bonds. The number of rotatable bonds is 9. The summed E-state index contributed by atoms with van der Waals surface area (Å²) in [6, 6.07) is 0. The van der Waals surface area contributed by atoms with E-state index in [2.05, 4.69) is 9.47 Å². The van der Waals surface area contributed by atoms with E-state index >= 15 is 0 Å². The second-order valence-corrected chi connectivity index (χ2v) is 5.73. The van der Waals surface area contributed by atoms with Crippen LogP contribution >= 0.6 is 7.60 Å². The van der Waals surface area contributed by atoms with Crippen molar-refractivity contribution in [1.82, 2.24) is 0 Å². The number of hydrogen-bond acceptors (Lipinski definition) is 7. The first-order chi connectivity index (χ1) is 8.92. The Balaban J connectivity index is 4.89. The highest BCUT2D eigenvalue weighted by molar-refractivity contribution is 7.53. The third kappa shape index (κ3) is 6.71. The normalized spacial score (nSPS) is 12.8. The van der Waals surface area contributed by atoms with E-state index in [1.165, 1.54) is 14.2 Å². The van der Waals surface area contributed by atoms with E-state index < -0.39 is 25.5 Å². The smallest absolute Gasteiger partial charge is 0.331 e. The minimum atomic E-state index is -3.42. The Morgan fingerprint density at radius 3 is 1.95 bits per heavy atom. The molecule has 0 unspecified atom stereocenters. The van der Waals surface area contributed by atoms with Crippen LogP contribution in [0.4, 0.5) is 0 Å². The van der Waals surface area contributed by atoms with E-state index in [0.717, 1.165) is 0 Å². The zero-order valence-electron chi connectivity index (χ0n) is 11.7. The summed E-state index contributed by atoms with van der Waals surface area (Å²) in [5.41, 5.74) is 0. The molecule has 19 heavy (non-hydrogen) atoms. The maximum Gasteiger partial charge on any atom is 0.331 e. The Hall–Kier alpha value is -0.910. The molecule has 7 nitrogen and oxygen atoms in total.